The van der Waals surface area contributed by atoms with E-state index in [1.807, 2.05) is 48.5 Å². The minimum absolute atomic E-state index is 0.0592. The molecule has 1 amide bonds. The van der Waals surface area contributed by atoms with Gasteiger partial charge in [0.05, 0.1) is 12.1 Å². The first kappa shape index (κ1) is 21.8. The van der Waals surface area contributed by atoms with Crippen molar-refractivity contribution in [2.24, 2.45) is 7.05 Å². The number of pyridine rings is 1. The van der Waals surface area contributed by atoms with Crippen LogP contribution in [-0.4, -0.2) is 21.6 Å². The molecular formula is C28H27N3O3. The number of aryl methyl sites for hydroxylation is 2. The third kappa shape index (κ3) is 3.92. The van der Waals surface area contributed by atoms with Gasteiger partial charge in [0.1, 0.15) is 5.75 Å². The van der Waals surface area contributed by atoms with E-state index in [0.29, 0.717) is 25.2 Å². The Hall–Kier alpha value is -4.06. The summed E-state index contributed by atoms with van der Waals surface area (Å²) >= 11 is 0. The van der Waals surface area contributed by atoms with Crippen LogP contribution in [0.1, 0.15) is 19.8 Å². The topological polar surface area (TPSA) is 65.3 Å². The summed E-state index contributed by atoms with van der Waals surface area (Å²) in [5, 5.41) is 6.22. The Labute approximate surface area is 197 Å². The third-order valence-electron chi connectivity index (χ3n) is 6.29. The number of aromatic nitrogens is 2. The Balaban J connectivity index is 1.24. The van der Waals surface area contributed by atoms with Crippen molar-refractivity contribution in [3.63, 3.8) is 0 Å². The molecule has 2 heterocycles. The normalized spacial score (nSPS) is 11.4. The molecule has 0 atom stereocenters. The Bertz CT molecular complexity index is 1580. The van der Waals surface area contributed by atoms with Gasteiger partial charge >= 0.3 is 0 Å². The van der Waals surface area contributed by atoms with Crippen LogP contribution in [0.15, 0.2) is 77.6 Å². The fourth-order valence-electron chi connectivity index (χ4n) is 4.61. The predicted molar refractivity (Wildman–Crippen MR) is 138 cm³/mol. The summed E-state index contributed by atoms with van der Waals surface area (Å²) in [6.45, 7) is 3.38. The lowest BCUT2D eigenvalue weighted by Crippen LogP contribution is -2.17. The van der Waals surface area contributed by atoms with Crippen molar-refractivity contribution < 1.29 is 9.53 Å². The number of carbonyl (C=O) groups excluding carboxylic acids is 1. The molecule has 0 aliphatic carbocycles. The Morgan fingerprint density at radius 1 is 0.882 bits per heavy atom. The first-order chi connectivity index (χ1) is 16.6. The Morgan fingerprint density at radius 2 is 1.59 bits per heavy atom. The number of carbonyl (C=O) groups is 1. The van der Waals surface area contributed by atoms with Crippen LogP contribution in [0.4, 0.5) is 5.69 Å². The summed E-state index contributed by atoms with van der Waals surface area (Å²) in [6.07, 6.45) is 0.879. The van der Waals surface area contributed by atoms with Crippen molar-refractivity contribution in [2.75, 3.05) is 11.9 Å². The molecule has 0 aliphatic heterocycles. The van der Waals surface area contributed by atoms with Crippen molar-refractivity contribution in [2.45, 2.75) is 26.3 Å². The number of nitrogens with zero attached hydrogens (tertiary/aromatic N) is 2. The maximum Gasteiger partial charge on any atom is 0.254 e. The maximum absolute atomic E-state index is 12.6. The standard InChI is InChI=1S/C28H27N3O3/c1-3-31-24-12-7-4-9-20(24)22-17-19(14-15-25(22)31)29-27(32)13-8-16-34-26-18-28(33)30(2)23-11-6-5-10-21(23)26/h4-7,9-12,14-15,17-18H,3,8,13,16H2,1-2H3,(H,29,32). The van der Waals surface area contributed by atoms with E-state index in [4.69, 9.17) is 4.74 Å². The van der Waals surface area contributed by atoms with Crippen LogP contribution in [0, 0.1) is 0 Å². The lowest BCUT2D eigenvalue weighted by atomic mass is 10.1. The van der Waals surface area contributed by atoms with Gasteiger partial charge in [-0.3, -0.25) is 9.59 Å². The largest absolute Gasteiger partial charge is 0.493 e. The zero-order chi connectivity index (χ0) is 23.7. The second-order valence-corrected chi connectivity index (χ2v) is 8.42. The van der Waals surface area contributed by atoms with Crippen molar-refractivity contribution in [3.05, 3.63) is 83.2 Å². The number of ether oxygens (including phenoxy) is 1. The van der Waals surface area contributed by atoms with Crippen molar-refractivity contribution in [1.82, 2.24) is 9.13 Å². The molecular weight excluding hydrogens is 426 g/mol. The van der Waals surface area contributed by atoms with E-state index in [9.17, 15) is 9.59 Å². The van der Waals surface area contributed by atoms with Crippen LogP contribution in [0.25, 0.3) is 32.7 Å². The number of amides is 1. The van der Waals surface area contributed by atoms with Gasteiger partial charge in [-0.25, -0.2) is 0 Å². The first-order valence-electron chi connectivity index (χ1n) is 11.6. The molecule has 6 nitrogen and oxygen atoms in total. The third-order valence-corrected chi connectivity index (χ3v) is 6.29. The SMILES string of the molecule is CCn1c2ccccc2c2cc(NC(=O)CCCOc3cc(=O)n(C)c4ccccc34)ccc21. The van der Waals surface area contributed by atoms with Crippen molar-refractivity contribution in [1.29, 1.82) is 0 Å². The average molecular weight is 454 g/mol. The smallest absolute Gasteiger partial charge is 0.254 e. The average Bonchev–Trinajstić information content (AvgIpc) is 3.17. The van der Waals surface area contributed by atoms with Gasteiger partial charge in [-0.1, -0.05) is 30.3 Å². The highest BCUT2D eigenvalue weighted by Crippen LogP contribution is 2.31. The van der Waals surface area contributed by atoms with E-state index >= 15 is 0 Å². The molecule has 0 radical (unpaired) electrons. The zero-order valence-corrected chi connectivity index (χ0v) is 19.4. The molecule has 0 saturated carbocycles. The molecule has 0 unspecified atom stereocenters. The molecule has 2 aromatic heterocycles. The predicted octanol–water partition coefficient (Wildman–Crippen LogP) is 5.46. The van der Waals surface area contributed by atoms with E-state index in [-0.39, 0.29) is 11.5 Å². The van der Waals surface area contributed by atoms with Gasteiger partial charge in [0.2, 0.25) is 5.91 Å². The van der Waals surface area contributed by atoms with Gasteiger partial charge in [0, 0.05) is 59.0 Å². The molecule has 0 spiro atoms. The second kappa shape index (κ2) is 9.06. The molecule has 5 rings (SSSR count). The van der Waals surface area contributed by atoms with E-state index in [1.165, 1.54) is 17.0 Å². The molecule has 0 bridgehead atoms. The van der Waals surface area contributed by atoms with Gasteiger partial charge in [-0.2, -0.15) is 0 Å². The lowest BCUT2D eigenvalue weighted by molar-refractivity contribution is -0.116. The second-order valence-electron chi connectivity index (χ2n) is 8.42. The molecule has 172 valence electrons. The number of rotatable bonds is 7. The highest BCUT2D eigenvalue weighted by atomic mass is 16.5. The van der Waals surface area contributed by atoms with E-state index < -0.39 is 0 Å². The minimum Gasteiger partial charge on any atom is -0.493 e. The van der Waals surface area contributed by atoms with Crippen molar-refractivity contribution in [3.8, 4) is 5.75 Å². The van der Waals surface area contributed by atoms with Gasteiger partial charge in [0.15, 0.2) is 0 Å². The molecule has 5 aromatic rings. The van der Waals surface area contributed by atoms with Crippen LogP contribution < -0.4 is 15.6 Å². The molecule has 6 heteroatoms. The summed E-state index contributed by atoms with van der Waals surface area (Å²) in [5.74, 6) is 0.493. The molecule has 0 saturated heterocycles. The molecule has 34 heavy (non-hydrogen) atoms. The fraction of sp³-hybridized carbons (Fsp3) is 0.214. The summed E-state index contributed by atoms with van der Waals surface area (Å²) in [4.78, 5) is 24.8. The summed E-state index contributed by atoms with van der Waals surface area (Å²) in [7, 11) is 1.75. The highest BCUT2D eigenvalue weighted by molar-refractivity contribution is 6.09. The van der Waals surface area contributed by atoms with Gasteiger partial charge in [-0.15, -0.1) is 0 Å². The number of hydrogen-bond acceptors (Lipinski definition) is 3. The number of fused-ring (bicyclic) bond motifs is 4. The van der Waals surface area contributed by atoms with E-state index in [0.717, 1.165) is 34.0 Å². The van der Waals surface area contributed by atoms with Gasteiger partial charge in [-0.05, 0) is 49.7 Å². The fourth-order valence-corrected chi connectivity index (χ4v) is 4.61. The molecule has 1 N–H and O–H groups in total. The Morgan fingerprint density at radius 3 is 2.38 bits per heavy atom. The lowest BCUT2D eigenvalue weighted by Gasteiger charge is -2.11. The van der Waals surface area contributed by atoms with Crippen LogP contribution in [0.5, 0.6) is 5.75 Å². The Kier molecular flexibility index (Phi) is 5.80. The maximum atomic E-state index is 12.6. The highest BCUT2D eigenvalue weighted by Gasteiger charge is 2.11. The van der Waals surface area contributed by atoms with E-state index in [2.05, 4.69) is 35.0 Å². The van der Waals surface area contributed by atoms with Crippen LogP contribution >= 0.6 is 0 Å². The molecule has 3 aromatic carbocycles. The first-order valence-corrected chi connectivity index (χ1v) is 11.6. The zero-order valence-electron chi connectivity index (χ0n) is 19.4. The summed E-state index contributed by atoms with van der Waals surface area (Å²) in [5.41, 5.74) is 3.85. The van der Waals surface area contributed by atoms with Crippen molar-refractivity contribution >= 4 is 44.3 Å². The molecule has 0 aliphatic rings. The molecule has 0 fully saturated rings. The number of hydrogen-bond donors (Lipinski definition) is 1. The summed E-state index contributed by atoms with van der Waals surface area (Å²) in [6, 6.07) is 23.5. The quantitative estimate of drug-likeness (QED) is 0.333. The van der Waals surface area contributed by atoms with Crippen LogP contribution in [-0.2, 0) is 18.4 Å². The number of benzene rings is 3. The number of nitrogens with one attached hydrogen (secondary N) is 1. The number of anilines is 1. The van der Waals surface area contributed by atoms with Gasteiger partial charge < -0.3 is 19.2 Å². The van der Waals surface area contributed by atoms with E-state index in [1.54, 1.807) is 11.6 Å². The number of para-hydroxylation sites is 2. The minimum atomic E-state index is -0.119. The monoisotopic (exact) mass is 453 g/mol. The summed E-state index contributed by atoms with van der Waals surface area (Å²) < 4.78 is 9.77. The van der Waals surface area contributed by atoms with Crippen LogP contribution in [0.2, 0.25) is 0 Å². The van der Waals surface area contributed by atoms with Crippen LogP contribution in [0.3, 0.4) is 0 Å². The van der Waals surface area contributed by atoms with Gasteiger partial charge in [0.25, 0.3) is 5.56 Å².